The highest BCUT2D eigenvalue weighted by Crippen LogP contribution is 2.29. The molecule has 0 unspecified atom stereocenters. The molecule has 0 aliphatic carbocycles. The van der Waals surface area contributed by atoms with Gasteiger partial charge in [-0.05, 0) is 25.1 Å². The van der Waals surface area contributed by atoms with Gasteiger partial charge in [-0.3, -0.25) is 14.2 Å². The maximum Gasteiger partial charge on any atom is 0.253 e. The van der Waals surface area contributed by atoms with E-state index in [9.17, 15) is 9.59 Å². The Hall–Kier alpha value is -2.74. The Bertz CT molecular complexity index is 903. The second-order valence-corrected chi connectivity index (χ2v) is 5.71. The van der Waals surface area contributed by atoms with Crippen LogP contribution >= 0.6 is 11.3 Å². The third kappa shape index (κ3) is 3.54. The summed E-state index contributed by atoms with van der Waals surface area (Å²) in [7, 11) is 0. The van der Waals surface area contributed by atoms with Gasteiger partial charge in [0.05, 0.1) is 23.2 Å². The molecule has 0 bridgehead atoms. The van der Waals surface area contributed by atoms with Crippen molar-refractivity contribution in [3.63, 3.8) is 0 Å². The highest BCUT2D eigenvalue weighted by atomic mass is 32.1. The summed E-state index contributed by atoms with van der Waals surface area (Å²) in [4.78, 5) is 31.8. The van der Waals surface area contributed by atoms with Crippen LogP contribution in [0.4, 0.5) is 5.13 Å². The van der Waals surface area contributed by atoms with Crippen molar-refractivity contribution in [2.75, 3.05) is 11.9 Å². The van der Waals surface area contributed by atoms with Crippen molar-refractivity contribution >= 4 is 32.6 Å². The van der Waals surface area contributed by atoms with Crippen LogP contribution in [-0.4, -0.2) is 27.0 Å². The lowest BCUT2D eigenvalue weighted by Crippen LogP contribution is -2.26. The van der Waals surface area contributed by atoms with E-state index in [1.807, 2.05) is 25.1 Å². The van der Waals surface area contributed by atoms with E-state index >= 15 is 0 Å². The van der Waals surface area contributed by atoms with Gasteiger partial charge < -0.3 is 10.1 Å². The third-order valence-corrected chi connectivity index (χ3v) is 3.96. The first-order valence-electron chi connectivity index (χ1n) is 6.99. The number of ether oxygens (including phenoxy) is 1. The van der Waals surface area contributed by atoms with Crippen molar-refractivity contribution in [1.82, 2.24) is 14.5 Å². The normalized spacial score (nSPS) is 10.7. The maximum absolute atomic E-state index is 12.0. The van der Waals surface area contributed by atoms with Crippen molar-refractivity contribution in [3.05, 3.63) is 47.1 Å². The number of thiazole rings is 1. The van der Waals surface area contributed by atoms with Gasteiger partial charge in [0.2, 0.25) is 5.91 Å². The lowest BCUT2D eigenvalue weighted by atomic mass is 10.3. The second kappa shape index (κ2) is 6.57. The van der Waals surface area contributed by atoms with Crippen LogP contribution in [0.15, 0.2) is 41.6 Å². The fourth-order valence-electron chi connectivity index (χ4n) is 2.03. The molecule has 1 aromatic carbocycles. The molecule has 0 atom stereocenters. The first kappa shape index (κ1) is 15.2. The highest BCUT2D eigenvalue weighted by molar-refractivity contribution is 7.22. The zero-order valence-electron chi connectivity index (χ0n) is 12.4. The molecule has 7 nitrogen and oxygen atoms in total. The Morgan fingerprint density at radius 1 is 1.39 bits per heavy atom. The molecule has 23 heavy (non-hydrogen) atoms. The molecule has 0 radical (unpaired) electrons. The van der Waals surface area contributed by atoms with Gasteiger partial charge in [0, 0.05) is 12.3 Å². The Kier molecular flexibility index (Phi) is 4.33. The molecule has 0 saturated heterocycles. The predicted molar refractivity (Wildman–Crippen MR) is 87.9 cm³/mol. The summed E-state index contributed by atoms with van der Waals surface area (Å²) >= 11 is 1.35. The van der Waals surface area contributed by atoms with E-state index in [-0.39, 0.29) is 18.0 Å². The summed E-state index contributed by atoms with van der Waals surface area (Å²) in [5, 5.41) is 3.18. The third-order valence-electron chi connectivity index (χ3n) is 3.02. The number of anilines is 1. The minimum absolute atomic E-state index is 0.104. The monoisotopic (exact) mass is 330 g/mol. The molecule has 8 heteroatoms. The number of aromatic nitrogens is 3. The summed E-state index contributed by atoms with van der Waals surface area (Å²) in [6.07, 6.45) is 2.72. The first-order chi connectivity index (χ1) is 11.2. The van der Waals surface area contributed by atoms with Crippen molar-refractivity contribution in [2.45, 2.75) is 13.5 Å². The van der Waals surface area contributed by atoms with Crippen LogP contribution in [0.2, 0.25) is 0 Å². The largest absolute Gasteiger partial charge is 0.494 e. The van der Waals surface area contributed by atoms with E-state index in [1.54, 1.807) is 0 Å². The Morgan fingerprint density at radius 3 is 3.04 bits per heavy atom. The number of carbonyl (C=O) groups is 1. The fourth-order valence-corrected chi connectivity index (χ4v) is 2.94. The number of amides is 1. The van der Waals surface area contributed by atoms with Crippen LogP contribution < -0.4 is 15.6 Å². The number of fused-ring (bicyclic) bond motifs is 1. The molecule has 0 fully saturated rings. The molecule has 2 aromatic heterocycles. The molecule has 118 valence electrons. The number of nitrogens with zero attached hydrogens (tertiary/aromatic N) is 3. The van der Waals surface area contributed by atoms with Crippen molar-refractivity contribution in [3.8, 4) is 5.75 Å². The molecular formula is C15H14N4O3S. The van der Waals surface area contributed by atoms with E-state index in [2.05, 4.69) is 15.3 Å². The SMILES string of the molecule is CCOc1ccc2nc(NC(=O)Cn3cnccc3=O)sc2c1. The van der Waals surface area contributed by atoms with E-state index in [0.717, 1.165) is 16.0 Å². The molecule has 3 aromatic rings. The van der Waals surface area contributed by atoms with Crippen LogP contribution in [0, 0.1) is 0 Å². The van der Waals surface area contributed by atoms with E-state index < -0.39 is 0 Å². The van der Waals surface area contributed by atoms with Crippen LogP contribution in [0.25, 0.3) is 10.2 Å². The van der Waals surface area contributed by atoms with E-state index in [0.29, 0.717) is 11.7 Å². The molecule has 3 rings (SSSR count). The van der Waals surface area contributed by atoms with Crippen molar-refractivity contribution in [1.29, 1.82) is 0 Å². The van der Waals surface area contributed by atoms with Crippen LogP contribution in [0.1, 0.15) is 6.92 Å². The van der Waals surface area contributed by atoms with E-state index in [1.165, 1.54) is 34.5 Å². The second-order valence-electron chi connectivity index (χ2n) is 4.68. The standard InChI is InChI=1S/C15H14N4O3S/c1-2-22-10-3-4-11-12(7-10)23-15(17-11)18-13(20)8-19-9-16-6-5-14(19)21/h3-7,9H,2,8H2,1H3,(H,17,18,20). The number of hydrogen-bond donors (Lipinski definition) is 1. The smallest absolute Gasteiger partial charge is 0.253 e. The number of benzene rings is 1. The summed E-state index contributed by atoms with van der Waals surface area (Å²) < 4.78 is 7.60. The summed E-state index contributed by atoms with van der Waals surface area (Å²) in [5.41, 5.74) is 0.508. The van der Waals surface area contributed by atoms with Gasteiger partial charge in [-0.1, -0.05) is 11.3 Å². The maximum atomic E-state index is 12.0. The minimum Gasteiger partial charge on any atom is -0.494 e. The van der Waals surface area contributed by atoms with Crippen molar-refractivity contribution in [2.24, 2.45) is 0 Å². The molecular weight excluding hydrogens is 316 g/mol. The number of carbonyl (C=O) groups excluding carboxylic acids is 1. The van der Waals surface area contributed by atoms with Gasteiger partial charge in [-0.2, -0.15) is 0 Å². The highest BCUT2D eigenvalue weighted by Gasteiger charge is 2.10. The Balaban J connectivity index is 1.74. The van der Waals surface area contributed by atoms with Gasteiger partial charge in [0.15, 0.2) is 5.13 Å². The van der Waals surface area contributed by atoms with Crippen LogP contribution in [0.3, 0.4) is 0 Å². The predicted octanol–water partition coefficient (Wildman–Crippen LogP) is 1.89. The van der Waals surface area contributed by atoms with Gasteiger partial charge in [0.25, 0.3) is 5.56 Å². The zero-order valence-corrected chi connectivity index (χ0v) is 13.2. The summed E-state index contributed by atoms with van der Waals surface area (Å²) in [6, 6.07) is 6.88. The zero-order chi connectivity index (χ0) is 16.2. The molecule has 0 saturated carbocycles. The van der Waals surface area contributed by atoms with Gasteiger partial charge >= 0.3 is 0 Å². The van der Waals surface area contributed by atoms with Gasteiger partial charge in [0.1, 0.15) is 12.3 Å². The lowest BCUT2D eigenvalue weighted by Gasteiger charge is -2.03. The minimum atomic E-state index is -0.329. The lowest BCUT2D eigenvalue weighted by molar-refractivity contribution is -0.116. The van der Waals surface area contributed by atoms with Gasteiger partial charge in [-0.25, -0.2) is 9.97 Å². The Morgan fingerprint density at radius 2 is 2.26 bits per heavy atom. The Labute approximate surface area is 135 Å². The molecule has 2 heterocycles. The number of rotatable bonds is 5. The quantitative estimate of drug-likeness (QED) is 0.772. The molecule has 0 aliphatic rings. The average molecular weight is 330 g/mol. The molecule has 1 amide bonds. The topological polar surface area (TPSA) is 86.1 Å². The number of hydrogen-bond acceptors (Lipinski definition) is 6. The number of nitrogens with one attached hydrogen (secondary N) is 1. The molecule has 0 spiro atoms. The first-order valence-corrected chi connectivity index (χ1v) is 7.81. The summed E-state index contributed by atoms with van der Waals surface area (Å²) in [5.74, 6) is 0.438. The molecule has 1 N–H and O–H groups in total. The van der Waals surface area contributed by atoms with Crippen LogP contribution in [0.5, 0.6) is 5.75 Å². The van der Waals surface area contributed by atoms with Crippen molar-refractivity contribution < 1.29 is 9.53 Å². The summed E-state index contributed by atoms with van der Waals surface area (Å²) in [6.45, 7) is 2.41. The van der Waals surface area contributed by atoms with Crippen LogP contribution in [-0.2, 0) is 11.3 Å². The van der Waals surface area contributed by atoms with E-state index in [4.69, 9.17) is 4.74 Å². The molecule has 0 aliphatic heterocycles. The van der Waals surface area contributed by atoms with Gasteiger partial charge in [-0.15, -0.1) is 0 Å². The fraction of sp³-hybridized carbons (Fsp3) is 0.200. The average Bonchev–Trinajstić information content (AvgIpc) is 2.91.